The van der Waals surface area contributed by atoms with E-state index in [1.54, 1.807) is 0 Å². The molecule has 3 N–H and O–H groups in total. The Morgan fingerprint density at radius 2 is 1.89 bits per heavy atom. The SMILES string of the molecule is CCCCCCCCCC(NN)C1CSCCN1C. The van der Waals surface area contributed by atoms with E-state index in [1.807, 2.05) is 0 Å². The van der Waals surface area contributed by atoms with Crippen LogP contribution in [0, 0.1) is 0 Å². The number of nitrogens with zero attached hydrogens (tertiary/aromatic N) is 1. The highest BCUT2D eigenvalue weighted by atomic mass is 32.2. The highest BCUT2D eigenvalue weighted by Gasteiger charge is 2.26. The van der Waals surface area contributed by atoms with Crippen molar-refractivity contribution < 1.29 is 0 Å². The first-order valence-electron chi connectivity index (χ1n) is 8.03. The van der Waals surface area contributed by atoms with Gasteiger partial charge in [0, 0.05) is 30.1 Å². The van der Waals surface area contributed by atoms with Crippen LogP contribution in [-0.4, -0.2) is 42.1 Å². The molecule has 0 bridgehead atoms. The van der Waals surface area contributed by atoms with Gasteiger partial charge in [-0.25, -0.2) is 0 Å². The second-order valence-corrected chi connectivity index (χ2v) is 6.96. The Balaban J connectivity index is 2.10. The number of unbranched alkanes of at least 4 members (excludes halogenated alkanes) is 6. The minimum Gasteiger partial charge on any atom is -0.300 e. The molecule has 0 saturated carbocycles. The van der Waals surface area contributed by atoms with Gasteiger partial charge in [0.2, 0.25) is 0 Å². The third-order valence-corrected chi connectivity index (χ3v) is 5.29. The molecular weight excluding hydrogens is 254 g/mol. The average molecular weight is 288 g/mol. The van der Waals surface area contributed by atoms with Crippen LogP contribution in [0.4, 0.5) is 0 Å². The molecule has 1 aliphatic heterocycles. The summed E-state index contributed by atoms with van der Waals surface area (Å²) in [6.45, 7) is 3.47. The smallest absolute Gasteiger partial charge is 0.0374 e. The summed E-state index contributed by atoms with van der Waals surface area (Å²) in [5, 5.41) is 0. The molecule has 4 heteroatoms. The molecule has 2 atom stereocenters. The molecule has 1 saturated heterocycles. The van der Waals surface area contributed by atoms with Crippen LogP contribution in [-0.2, 0) is 0 Å². The molecule has 1 rings (SSSR count). The second-order valence-electron chi connectivity index (χ2n) is 5.81. The highest BCUT2D eigenvalue weighted by molar-refractivity contribution is 7.99. The maximum absolute atomic E-state index is 5.76. The second kappa shape index (κ2) is 11.0. The van der Waals surface area contributed by atoms with Crippen molar-refractivity contribution >= 4 is 11.8 Å². The van der Waals surface area contributed by atoms with Crippen molar-refractivity contribution in [2.75, 3.05) is 25.1 Å². The first-order chi connectivity index (χ1) is 9.29. The zero-order valence-corrected chi connectivity index (χ0v) is 13.7. The molecule has 1 heterocycles. The normalized spacial score (nSPS) is 22.6. The standard InChI is InChI=1S/C15H33N3S/c1-3-4-5-6-7-8-9-10-14(17-16)15-13-19-12-11-18(15)2/h14-15,17H,3-13,16H2,1-2H3. The van der Waals surface area contributed by atoms with Crippen LogP contribution in [0.25, 0.3) is 0 Å². The number of thioether (sulfide) groups is 1. The molecule has 0 aromatic rings. The number of nitrogens with one attached hydrogen (secondary N) is 1. The van der Waals surface area contributed by atoms with Crippen LogP contribution in [0.2, 0.25) is 0 Å². The lowest BCUT2D eigenvalue weighted by Crippen LogP contribution is -2.54. The number of rotatable bonds is 10. The predicted molar refractivity (Wildman–Crippen MR) is 87.5 cm³/mol. The van der Waals surface area contributed by atoms with Gasteiger partial charge >= 0.3 is 0 Å². The summed E-state index contributed by atoms with van der Waals surface area (Å²) < 4.78 is 0. The third kappa shape index (κ3) is 6.98. The molecular formula is C15H33N3S. The van der Waals surface area contributed by atoms with Gasteiger partial charge in [0.25, 0.3) is 0 Å². The molecule has 1 fully saturated rings. The maximum Gasteiger partial charge on any atom is 0.0374 e. The molecule has 0 spiro atoms. The summed E-state index contributed by atoms with van der Waals surface area (Å²) in [7, 11) is 2.24. The highest BCUT2D eigenvalue weighted by Crippen LogP contribution is 2.20. The lowest BCUT2D eigenvalue weighted by atomic mass is 10.0. The van der Waals surface area contributed by atoms with Crippen molar-refractivity contribution in [1.29, 1.82) is 0 Å². The average Bonchev–Trinajstić information content (AvgIpc) is 2.43. The quantitative estimate of drug-likeness (QED) is 0.368. The zero-order chi connectivity index (χ0) is 13.9. The fraction of sp³-hybridized carbons (Fsp3) is 1.00. The molecule has 0 amide bonds. The van der Waals surface area contributed by atoms with E-state index in [0.717, 1.165) is 0 Å². The minimum atomic E-state index is 0.466. The summed E-state index contributed by atoms with van der Waals surface area (Å²) in [4.78, 5) is 2.47. The van der Waals surface area contributed by atoms with Gasteiger partial charge < -0.3 is 4.90 Å². The summed E-state index contributed by atoms with van der Waals surface area (Å²) >= 11 is 2.07. The summed E-state index contributed by atoms with van der Waals surface area (Å²) in [6, 6.07) is 1.08. The van der Waals surface area contributed by atoms with Gasteiger partial charge in [-0.3, -0.25) is 11.3 Å². The topological polar surface area (TPSA) is 41.3 Å². The van der Waals surface area contributed by atoms with Crippen molar-refractivity contribution in [3.05, 3.63) is 0 Å². The molecule has 0 aliphatic carbocycles. The van der Waals surface area contributed by atoms with Crippen LogP contribution < -0.4 is 11.3 Å². The van der Waals surface area contributed by atoms with Gasteiger partial charge in [-0.05, 0) is 13.5 Å². The monoisotopic (exact) mass is 287 g/mol. The molecule has 0 aromatic carbocycles. The number of hydrazine groups is 1. The summed E-state index contributed by atoms with van der Waals surface area (Å²) in [5.74, 6) is 8.25. The molecule has 114 valence electrons. The fourth-order valence-corrected chi connectivity index (χ4v) is 4.15. The van der Waals surface area contributed by atoms with E-state index in [1.165, 1.54) is 69.4 Å². The molecule has 1 aliphatic rings. The van der Waals surface area contributed by atoms with Gasteiger partial charge in [-0.1, -0.05) is 51.9 Å². The zero-order valence-electron chi connectivity index (χ0n) is 12.9. The van der Waals surface area contributed by atoms with Crippen LogP contribution in [0.5, 0.6) is 0 Å². The van der Waals surface area contributed by atoms with Crippen molar-refractivity contribution in [3.8, 4) is 0 Å². The maximum atomic E-state index is 5.76. The number of hydrogen-bond donors (Lipinski definition) is 2. The number of nitrogens with two attached hydrogens (primary N) is 1. The Morgan fingerprint density at radius 3 is 2.53 bits per heavy atom. The van der Waals surface area contributed by atoms with Gasteiger partial charge in [0.05, 0.1) is 0 Å². The minimum absolute atomic E-state index is 0.466. The predicted octanol–water partition coefficient (Wildman–Crippen LogP) is 3.01. The van der Waals surface area contributed by atoms with Gasteiger partial charge in [-0.15, -0.1) is 0 Å². The largest absolute Gasteiger partial charge is 0.300 e. The lowest BCUT2D eigenvalue weighted by molar-refractivity contribution is 0.206. The van der Waals surface area contributed by atoms with E-state index < -0.39 is 0 Å². The van der Waals surface area contributed by atoms with Crippen LogP contribution in [0.15, 0.2) is 0 Å². The molecule has 2 unspecified atom stereocenters. The lowest BCUT2D eigenvalue weighted by Gasteiger charge is -2.37. The Labute approximate surface area is 124 Å². The van der Waals surface area contributed by atoms with E-state index in [4.69, 9.17) is 5.84 Å². The molecule has 0 aromatic heterocycles. The van der Waals surface area contributed by atoms with Gasteiger partial charge in [0.15, 0.2) is 0 Å². The Hall–Kier alpha value is 0.230. The van der Waals surface area contributed by atoms with Crippen molar-refractivity contribution in [2.45, 2.75) is 70.4 Å². The molecule has 0 radical (unpaired) electrons. The Morgan fingerprint density at radius 1 is 1.21 bits per heavy atom. The fourth-order valence-electron chi connectivity index (χ4n) is 2.84. The van der Waals surface area contributed by atoms with E-state index in [9.17, 15) is 0 Å². The first kappa shape index (κ1) is 17.3. The summed E-state index contributed by atoms with van der Waals surface area (Å²) in [5.41, 5.74) is 3.06. The third-order valence-electron chi connectivity index (χ3n) is 4.24. The van der Waals surface area contributed by atoms with Crippen LogP contribution >= 0.6 is 11.8 Å². The van der Waals surface area contributed by atoms with E-state index in [0.29, 0.717) is 12.1 Å². The van der Waals surface area contributed by atoms with Crippen LogP contribution in [0.3, 0.4) is 0 Å². The number of likely N-dealkylation sites (N-methyl/N-ethyl adjacent to an activating group) is 1. The van der Waals surface area contributed by atoms with Crippen molar-refractivity contribution in [1.82, 2.24) is 10.3 Å². The Bertz CT molecular complexity index is 214. The van der Waals surface area contributed by atoms with E-state index >= 15 is 0 Å². The molecule has 3 nitrogen and oxygen atoms in total. The van der Waals surface area contributed by atoms with E-state index in [2.05, 4.69) is 36.1 Å². The summed E-state index contributed by atoms with van der Waals surface area (Å²) in [6.07, 6.45) is 10.9. The number of hydrogen-bond acceptors (Lipinski definition) is 4. The Kier molecular flexibility index (Phi) is 9.96. The molecule has 19 heavy (non-hydrogen) atoms. The van der Waals surface area contributed by atoms with Crippen LogP contribution in [0.1, 0.15) is 58.3 Å². The van der Waals surface area contributed by atoms with Crippen molar-refractivity contribution in [2.24, 2.45) is 5.84 Å². The van der Waals surface area contributed by atoms with E-state index in [-0.39, 0.29) is 0 Å². The van der Waals surface area contributed by atoms with Gasteiger partial charge in [0.1, 0.15) is 0 Å². The first-order valence-corrected chi connectivity index (χ1v) is 9.19. The van der Waals surface area contributed by atoms with Crippen molar-refractivity contribution in [3.63, 3.8) is 0 Å². The van der Waals surface area contributed by atoms with Gasteiger partial charge in [-0.2, -0.15) is 11.8 Å².